The molecule has 0 amide bonds. The van der Waals surface area contributed by atoms with Crippen LogP contribution in [0, 0.1) is 5.82 Å². The number of hydrogen-bond donors (Lipinski definition) is 1. The van der Waals surface area contributed by atoms with Gasteiger partial charge in [0, 0.05) is 34.6 Å². The Kier molecular flexibility index (Phi) is 2.86. The molecule has 0 saturated heterocycles. The fraction of sp³-hybridized carbons (Fsp3) is 0.333. The summed E-state index contributed by atoms with van der Waals surface area (Å²) in [6.07, 6.45) is 2.43. The Morgan fingerprint density at radius 3 is 2.80 bits per heavy atom. The zero-order valence-corrected chi connectivity index (χ0v) is 12.4. The average Bonchev–Trinajstić information content (AvgIpc) is 3.15. The van der Waals surface area contributed by atoms with Crippen LogP contribution in [-0.2, 0) is 13.1 Å². The lowest BCUT2D eigenvalue weighted by Gasteiger charge is -2.10. The zero-order chi connectivity index (χ0) is 13.7. The predicted molar refractivity (Wildman–Crippen MR) is 77.6 cm³/mol. The first-order chi connectivity index (χ1) is 9.72. The van der Waals surface area contributed by atoms with Crippen LogP contribution in [0.5, 0.6) is 0 Å². The van der Waals surface area contributed by atoms with Gasteiger partial charge in [0.1, 0.15) is 5.82 Å². The lowest BCUT2D eigenvalue weighted by Crippen LogP contribution is -2.03. The molecule has 5 heteroatoms. The first-order valence-corrected chi connectivity index (χ1v) is 7.57. The van der Waals surface area contributed by atoms with E-state index in [1.165, 1.54) is 36.2 Å². The molecule has 0 spiro atoms. The molecule has 0 atom stereocenters. The van der Waals surface area contributed by atoms with E-state index in [0.29, 0.717) is 16.2 Å². The van der Waals surface area contributed by atoms with Gasteiger partial charge in [-0.1, -0.05) is 0 Å². The maximum Gasteiger partial charge on any atom is 0.160 e. The molecule has 1 aromatic heterocycles. The highest BCUT2D eigenvalue weighted by molar-refractivity contribution is 9.10. The van der Waals surface area contributed by atoms with Crippen molar-refractivity contribution < 1.29 is 4.39 Å². The second kappa shape index (κ2) is 4.60. The van der Waals surface area contributed by atoms with Crippen molar-refractivity contribution in [1.82, 2.24) is 15.3 Å². The van der Waals surface area contributed by atoms with Crippen LogP contribution in [-0.4, -0.2) is 9.97 Å². The minimum atomic E-state index is -0.258. The number of hydrogen-bond acceptors (Lipinski definition) is 3. The quantitative estimate of drug-likeness (QED) is 0.913. The molecule has 20 heavy (non-hydrogen) atoms. The van der Waals surface area contributed by atoms with Crippen molar-refractivity contribution in [3.8, 4) is 11.4 Å². The van der Waals surface area contributed by atoms with E-state index in [2.05, 4.69) is 26.2 Å². The Labute approximate surface area is 124 Å². The standard InChI is InChI=1S/C15H13BrFN3/c16-12-5-9(17)3-4-10(12)15-19-13-7-18-6-11(13)14(20-15)8-1-2-8/h3-5,8,18H,1-2,6-7H2. The molecule has 2 aliphatic rings. The van der Waals surface area contributed by atoms with Crippen LogP contribution in [0.2, 0.25) is 0 Å². The molecule has 1 aromatic carbocycles. The van der Waals surface area contributed by atoms with Crippen molar-refractivity contribution in [2.45, 2.75) is 31.8 Å². The molecule has 4 rings (SSSR count). The molecular weight excluding hydrogens is 321 g/mol. The first-order valence-electron chi connectivity index (χ1n) is 6.78. The first kappa shape index (κ1) is 12.4. The van der Waals surface area contributed by atoms with E-state index in [1.54, 1.807) is 6.07 Å². The molecule has 0 unspecified atom stereocenters. The Balaban J connectivity index is 1.88. The Morgan fingerprint density at radius 1 is 1.20 bits per heavy atom. The van der Waals surface area contributed by atoms with E-state index in [1.807, 2.05) is 0 Å². The fourth-order valence-corrected chi connectivity index (χ4v) is 3.21. The van der Waals surface area contributed by atoms with Crippen LogP contribution >= 0.6 is 15.9 Å². The second-order valence-electron chi connectivity index (χ2n) is 5.36. The third-order valence-electron chi connectivity index (χ3n) is 3.86. The number of nitrogens with zero attached hydrogens (tertiary/aromatic N) is 2. The van der Waals surface area contributed by atoms with Crippen molar-refractivity contribution in [2.75, 3.05) is 0 Å². The average molecular weight is 334 g/mol. The minimum Gasteiger partial charge on any atom is -0.307 e. The van der Waals surface area contributed by atoms with E-state index >= 15 is 0 Å². The van der Waals surface area contributed by atoms with Gasteiger partial charge >= 0.3 is 0 Å². The summed E-state index contributed by atoms with van der Waals surface area (Å²) >= 11 is 3.41. The smallest absolute Gasteiger partial charge is 0.160 e. The molecule has 0 radical (unpaired) electrons. The summed E-state index contributed by atoms with van der Waals surface area (Å²) in [5.74, 6) is 1.02. The summed E-state index contributed by atoms with van der Waals surface area (Å²) in [5.41, 5.74) is 4.40. The molecule has 2 aromatic rings. The fourth-order valence-electron chi connectivity index (χ4n) is 2.68. The zero-order valence-electron chi connectivity index (χ0n) is 10.8. The van der Waals surface area contributed by atoms with Gasteiger partial charge in [-0.2, -0.15) is 0 Å². The maximum absolute atomic E-state index is 13.2. The normalized spacial score (nSPS) is 17.3. The lowest BCUT2D eigenvalue weighted by molar-refractivity contribution is 0.627. The van der Waals surface area contributed by atoms with Crippen LogP contribution in [0.3, 0.4) is 0 Å². The monoisotopic (exact) mass is 333 g/mol. The predicted octanol–water partition coefficient (Wildman–Crippen LogP) is 3.53. The Bertz CT molecular complexity index is 698. The van der Waals surface area contributed by atoms with Crippen LogP contribution in [0.4, 0.5) is 4.39 Å². The number of nitrogens with one attached hydrogen (secondary N) is 1. The summed E-state index contributed by atoms with van der Waals surface area (Å²) in [6, 6.07) is 4.65. The maximum atomic E-state index is 13.2. The van der Waals surface area contributed by atoms with Crippen molar-refractivity contribution >= 4 is 15.9 Å². The van der Waals surface area contributed by atoms with Crippen molar-refractivity contribution in [3.05, 3.63) is 45.4 Å². The van der Waals surface area contributed by atoms with Crippen LogP contribution < -0.4 is 5.32 Å². The van der Waals surface area contributed by atoms with Crippen molar-refractivity contribution in [1.29, 1.82) is 0 Å². The van der Waals surface area contributed by atoms with Crippen LogP contribution in [0.1, 0.15) is 35.7 Å². The van der Waals surface area contributed by atoms with Crippen molar-refractivity contribution in [3.63, 3.8) is 0 Å². The van der Waals surface area contributed by atoms with Gasteiger partial charge in [0.25, 0.3) is 0 Å². The van der Waals surface area contributed by atoms with Gasteiger partial charge < -0.3 is 5.32 Å². The molecule has 0 bridgehead atoms. The van der Waals surface area contributed by atoms with Crippen molar-refractivity contribution in [2.24, 2.45) is 0 Å². The highest BCUT2D eigenvalue weighted by atomic mass is 79.9. The number of rotatable bonds is 2. The van der Waals surface area contributed by atoms with E-state index in [9.17, 15) is 4.39 Å². The van der Waals surface area contributed by atoms with Gasteiger partial charge in [-0.15, -0.1) is 0 Å². The third-order valence-corrected chi connectivity index (χ3v) is 4.51. The molecular formula is C15H13BrFN3. The van der Waals surface area contributed by atoms with E-state index < -0.39 is 0 Å². The number of halogens is 2. The summed E-state index contributed by atoms with van der Waals surface area (Å²) in [4.78, 5) is 9.42. The Hall–Kier alpha value is -1.33. The molecule has 3 nitrogen and oxygen atoms in total. The van der Waals surface area contributed by atoms with E-state index in [-0.39, 0.29) is 5.82 Å². The van der Waals surface area contributed by atoms with Gasteiger partial charge in [-0.25, -0.2) is 14.4 Å². The lowest BCUT2D eigenvalue weighted by atomic mass is 10.1. The number of aromatic nitrogens is 2. The summed E-state index contributed by atoms with van der Waals surface area (Å²) in [6.45, 7) is 1.66. The van der Waals surface area contributed by atoms with E-state index in [4.69, 9.17) is 4.98 Å². The van der Waals surface area contributed by atoms with Crippen LogP contribution in [0.15, 0.2) is 22.7 Å². The van der Waals surface area contributed by atoms with Gasteiger partial charge in [0.15, 0.2) is 5.82 Å². The summed E-state index contributed by atoms with van der Waals surface area (Å²) in [7, 11) is 0. The molecule has 1 fully saturated rings. The van der Waals surface area contributed by atoms with Crippen LogP contribution in [0.25, 0.3) is 11.4 Å². The highest BCUT2D eigenvalue weighted by Gasteiger charge is 2.31. The second-order valence-corrected chi connectivity index (χ2v) is 6.21. The third kappa shape index (κ3) is 2.05. The van der Waals surface area contributed by atoms with E-state index in [0.717, 1.165) is 24.3 Å². The molecule has 102 valence electrons. The summed E-state index contributed by atoms with van der Waals surface area (Å²) < 4.78 is 13.9. The molecule has 1 aliphatic heterocycles. The van der Waals surface area contributed by atoms with Gasteiger partial charge in [0.2, 0.25) is 0 Å². The number of fused-ring (bicyclic) bond motifs is 1. The molecule has 2 heterocycles. The van der Waals surface area contributed by atoms with Gasteiger partial charge in [-0.05, 0) is 47.0 Å². The topological polar surface area (TPSA) is 37.8 Å². The van der Waals surface area contributed by atoms with Gasteiger partial charge in [-0.3, -0.25) is 0 Å². The highest BCUT2D eigenvalue weighted by Crippen LogP contribution is 2.42. The molecule has 1 N–H and O–H groups in total. The number of benzene rings is 1. The SMILES string of the molecule is Fc1ccc(-c2nc3c(c(C4CC4)n2)CNC3)c(Br)c1. The molecule has 1 saturated carbocycles. The minimum absolute atomic E-state index is 0.258. The summed E-state index contributed by atoms with van der Waals surface area (Å²) in [5, 5.41) is 3.34. The Morgan fingerprint density at radius 2 is 2.05 bits per heavy atom. The van der Waals surface area contributed by atoms with Gasteiger partial charge in [0.05, 0.1) is 11.4 Å². The largest absolute Gasteiger partial charge is 0.307 e. The molecule has 1 aliphatic carbocycles.